The summed E-state index contributed by atoms with van der Waals surface area (Å²) in [5.41, 5.74) is 8.39. The molecule has 0 fully saturated rings. The zero-order chi connectivity index (χ0) is 31.7. The van der Waals surface area contributed by atoms with Gasteiger partial charge in [0.25, 0.3) is 0 Å². The van der Waals surface area contributed by atoms with Crippen molar-refractivity contribution in [3.05, 3.63) is 65.9 Å². The van der Waals surface area contributed by atoms with E-state index in [-0.39, 0.29) is 18.6 Å². The van der Waals surface area contributed by atoms with Crippen molar-refractivity contribution in [2.75, 3.05) is 0 Å². The summed E-state index contributed by atoms with van der Waals surface area (Å²) in [4.78, 5) is 66.0. The third kappa shape index (κ3) is 9.04. The number of aliphatic carboxylic acids is 2. The van der Waals surface area contributed by atoms with Crippen molar-refractivity contribution in [1.29, 1.82) is 0 Å². The summed E-state index contributed by atoms with van der Waals surface area (Å²) in [5, 5.41) is 36.7. The van der Waals surface area contributed by atoms with Crippen LogP contribution in [0.4, 0.5) is 0 Å². The van der Waals surface area contributed by atoms with E-state index < -0.39 is 66.2 Å². The number of phenols is 1. The van der Waals surface area contributed by atoms with Crippen LogP contribution in [0, 0.1) is 5.92 Å². The maximum Gasteiger partial charge on any atom is 0.326 e. The highest BCUT2D eigenvalue weighted by Gasteiger charge is 2.33. The molecule has 5 atom stereocenters. The van der Waals surface area contributed by atoms with E-state index in [0.29, 0.717) is 12.0 Å². The zero-order valence-corrected chi connectivity index (χ0v) is 23.9. The Morgan fingerprint density at radius 1 is 0.860 bits per heavy atom. The van der Waals surface area contributed by atoms with Gasteiger partial charge in [-0.25, -0.2) is 4.79 Å². The normalized spacial score (nSPS) is 14.6. The Balaban J connectivity index is 1.71. The number of aromatic nitrogens is 1. The van der Waals surface area contributed by atoms with Gasteiger partial charge in [0, 0.05) is 23.5 Å². The molecule has 43 heavy (non-hydrogen) atoms. The van der Waals surface area contributed by atoms with E-state index in [1.165, 1.54) is 24.3 Å². The van der Waals surface area contributed by atoms with E-state index in [4.69, 9.17) is 5.73 Å². The smallest absolute Gasteiger partial charge is 0.326 e. The van der Waals surface area contributed by atoms with Crippen molar-refractivity contribution in [1.82, 2.24) is 20.9 Å². The summed E-state index contributed by atoms with van der Waals surface area (Å²) in [5.74, 6) is -5.66. The number of rotatable bonds is 15. The molecule has 0 spiro atoms. The van der Waals surface area contributed by atoms with Gasteiger partial charge in [0.15, 0.2) is 0 Å². The molecule has 230 valence electrons. The number of carbonyl (C=O) groups is 5. The molecule has 1 aromatic heterocycles. The van der Waals surface area contributed by atoms with Crippen LogP contribution in [0.1, 0.15) is 37.8 Å². The number of hydrogen-bond donors (Lipinski definition) is 8. The molecule has 5 unspecified atom stereocenters. The Morgan fingerprint density at radius 3 is 2.14 bits per heavy atom. The van der Waals surface area contributed by atoms with Gasteiger partial charge in [-0.15, -0.1) is 0 Å². The highest BCUT2D eigenvalue weighted by molar-refractivity contribution is 5.96. The van der Waals surface area contributed by atoms with Gasteiger partial charge in [0.05, 0.1) is 12.5 Å². The first-order valence-electron chi connectivity index (χ1n) is 13.8. The van der Waals surface area contributed by atoms with Crippen LogP contribution in [0.3, 0.4) is 0 Å². The Hall–Kier alpha value is -4.91. The lowest BCUT2D eigenvalue weighted by molar-refractivity contribution is -0.143. The minimum absolute atomic E-state index is 0.0224. The Labute approximate surface area is 247 Å². The summed E-state index contributed by atoms with van der Waals surface area (Å²) in [7, 11) is 0. The minimum atomic E-state index is -1.63. The second-order valence-electron chi connectivity index (χ2n) is 10.5. The number of carbonyl (C=O) groups excluding carboxylic acids is 3. The van der Waals surface area contributed by atoms with Crippen molar-refractivity contribution in [2.45, 2.75) is 63.7 Å². The first-order chi connectivity index (χ1) is 20.4. The lowest BCUT2D eigenvalue weighted by Crippen LogP contribution is -2.59. The van der Waals surface area contributed by atoms with Gasteiger partial charge in [-0.1, -0.05) is 50.6 Å². The number of carboxylic acid groups (broad SMARTS) is 2. The highest BCUT2D eigenvalue weighted by Crippen LogP contribution is 2.19. The van der Waals surface area contributed by atoms with E-state index in [1.54, 1.807) is 20.0 Å². The second kappa shape index (κ2) is 14.8. The molecular weight excluding hydrogens is 558 g/mol. The molecular formula is C30H37N5O8. The molecule has 1 heterocycles. The number of benzene rings is 2. The van der Waals surface area contributed by atoms with Crippen molar-refractivity contribution >= 4 is 40.6 Å². The van der Waals surface area contributed by atoms with E-state index in [1.807, 2.05) is 24.3 Å². The topological polar surface area (TPSA) is 224 Å². The number of H-pyrrole nitrogens is 1. The van der Waals surface area contributed by atoms with E-state index >= 15 is 0 Å². The molecule has 0 radical (unpaired) electrons. The van der Waals surface area contributed by atoms with Gasteiger partial charge in [-0.3, -0.25) is 19.2 Å². The molecule has 3 amide bonds. The molecule has 0 aliphatic carbocycles. The number of phenolic OH excluding ortho intramolecular Hbond substituents is 1. The minimum Gasteiger partial charge on any atom is -0.508 e. The quantitative estimate of drug-likeness (QED) is 0.125. The highest BCUT2D eigenvalue weighted by atomic mass is 16.4. The van der Waals surface area contributed by atoms with Gasteiger partial charge in [-0.05, 0) is 41.7 Å². The molecule has 9 N–H and O–H groups in total. The zero-order valence-electron chi connectivity index (χ0n) is 23.9. The van der Waals surface area contributed by atoms with Gasteiger partial charge in [0.1, 0.15) is 23.9 Å². The number of amides is 3. The van der Waals surface area contributed by atoms with Gasteiger partial charge < -0.3 is 42.0 Å². The van der Waals surface area contributed by atoms with Crippen LogP contribution in [0.15, 0.2) is 54.7 Å². The number of fused-ring (bicyclic) bond motifs is 1. The number of aromatic hydroxyl groups is 1. The summed E-state index contributed by atoms with van der Waals surface area (Å²) in [6.07, 6.45) is 1.42. The van der Waals surface area contributed by atoms with Crippen molar-refractivity contribution in [3.8, 4) is 5.75 Å². The molecule has 3 aromatic rings. The van der Waals surface area contributed by atoms with Crippen molar-refractivity contribution in [2.24, 2.45) is 11.7 Å². The van der Waals surface area contributed by atoms with Crippen molar-refractivity contribution in [3.63, 3.8) is 0 Å². The first-order valence-corrected chi connectivity index (χ1v) is 13.8. The molecule has 0 aliphatic heterocycles. The van der Waals surface area contributed by atoms with Crippen molar-refractivity contribution < 1.29 is 39.3 Å². The first kappa shape index (κ1) is 32.6. The van der Waals surface area contributed by atoms with Crippen LogP contribution in [0.5, 0.6) is 5.75 Å². The predicted octanol–water partition coefficient (Wildman–Crippen LogP) is 1.05. The maximum absolute atomic E-state index is 13.3. The SMILES string of the molecule is CCC(C)C(NC(=O)C(N)Cc1c[nH]c2ccccc12)C(=O)NC(CC(=O)O)C(=O)NC(Cc1ccc(O)cc1)C(=O)O. The van der Waals surface area contributed by atoms with Crippen LogP contribution < -0.4 is 21.7 Å². The van der Waals surface area contributed by atoms with Crippen LogP contribution in [-0.2, 0) is 36.8 Å². The van der Waals surface area contributed by atoms with E-state index in [0.717, 1.165) is 16.5 Å². The maximum atomic E-state index is 13.3. The molecule has 3 rings (SSSR count). The Kier molecular flexibility index (Phi) is 11.2. The standard InChI is InChI=1S/C30H37N5O8/c1-3-16(2)26(35-27(39)21(31)13-18-15-32-22-7-5-4-6-20(18)22)29(41)33-23(14-25(37)38)28(40)34-24(30(42)43)12-17-8-10-19(36)11-9-17/h4-11,15-16,21,23-24,26,32,36H,3,12-14,31H2,1-2H3,(H,33,41)(H,34,40)(H,35,39)(H,37,38)(H,42,43). The second-order valence-corrected chi connectivity index (χ2v) is 10.5. The van der Waals surface area contributed by atoms with Crippen LogP contribution in [0.2, 0.25) is 0 Å². The fourth-order valence-corrected chi connectivity index (χ4v) is 4.58. The van der Waals surface area contributed by atoms with Crippen LogP contribution >= 0.6 is 0 Å². The number of para-hydroxylation sites is 1. The molecule has 13 nitrogen and oxygen atoms in total. The molecule has 0 bridgehead atoms. The van der Waals surface area contributed by atoms with E-state index in [2.05, 4.69) is 20.9 Å². The lowest BCUT2D eigenvalue weighted by atomic mass is 9.96. The average molecular weight is 596 g/mol. The Morgan fingerprint density at radius 2 is 1.51 bits per heavy atom. The summed E-state index contributed by atoms with van der Waals surface area (Å²) >= 11 is 0. The fourth-order valence-electron chi connectivity index (χ4n) is 4.58. The lowest BCUT2D eigenvalue weighted by Gasteiger charge is -2.27. The van der Waals surface area contributed by atoms with E-state index in [9.17, 15) is 39.3 Å². The third-order valence-corrected chi connectivity index (χ3v) is 7.25. The van der Waals surface area contributed by atoms with Crippen LogP contribution in [0.25, 0.3) is 10.9 Å². The number of hydrogen-bond acceptors (Lipinski definition) is 7. The third-order valence-electron chi connectivity index (χ3n) is 7.25. The fraction of sp³-hybridized carbons (Fsp3) is 0.367. The number of aromatic amines is 1. The van der Waals surface area contributed by atoms with Crippen LogP contribution in [-0.4, -0.2) is 74.1 Å². The van der Waals surface area contributed by atoms with Gasteiger partial charge in [0.2, 0.25) is 17.7 Å². The number of nitrogens with two attached hydrogens (primary N) is 1. The molecule has 0 aliphatic rings. The molecule has 0 saturated carbocycles. The monoisotopic (exact) mass is 595 g/mol. The summed E-state index contributed by atoms with van der Waals surface area (Å²) in [6.45, 7) is 3.51. The summed E-state index contributed by atoms with van der Waals surface area (Å²) in [6, 6.07) is 7.98. The van der Waals surface area contributed by atoms with Gasteiger partial charge >= 0.3 is 11.9 Å². The average Bonchev–Trinajstić information content (AvgIpc) is 3.37. The Bertz CT molecular complexity index is 1450. The number of carboxylic acids is 2. The summed E-state index contributed by atoms with van der Waals surface area (Å²) < 4.78 is 0. The predicted molar refractivity (Wildman–Crippen MR) is 157 cm³/mol. The molecule has 13 heteroatoms. The largest absolute Gasteiger partial charge is 0.508 e. The number of nitrogens with one attached hydrogen (secondary N) is 4. The molecule has 0 saturated heterocycles. The van der Waals surface area contributed by atoms with Gasteiger partial charge in [-0.2, -0.15) is 0 Å². The molecule has 2 aromatic carbocycles.